The molecule has 0 unspecified atom stereocenters. The van der Waals surface area contributed by atoms with Crippen LogP contribution in [-0.2, 0) is 4.79 Å². The number of carbonyl (C=O) groups excluding carboxylic acids is 2. The number of methoxy groups -OCH3 is 1. The molecule has 0 radical (unpaired) electrons. The number of nitrogens with one attached hydrogen (secondary N) is 1. The first-order chi connectivity index (χ1) is 16.3. The smallest absolute Gasteiger partial charge is 0.289 e. The van der Waals surface area contributed by atoms with Crippen molar-refractivity contribution in [1.29, 1.82) is 0 Å². The molecule has 1 aromatic carbocycles. The number of pyridine rings is 1. The Morgan fingerprint density at radius 3 is 2.65 bits per heavy atom. The van der Waals surface area contributed by atoms with E-state index in [2.05, 4.69) is 15.3 Å². The normalized spacial score (nSPS) is 17.8. The van der Waals surface area contributed by atoms with Crippen LogP contribution in [-0.4, -0.2) is 71.3 Å². The molecule has 2 aliphatic heterocycles. The standard InChI is InChI=1S/C25H28ClN5O3/c1-25(2)16-30(23(32)20-8-5-9-21(29-20)34-3)12-13-31(25)24(33)22-27-11-10-18(15-28-22)17-6-4-7-19(26)14-17/h4-9,14-15H,10-13,16H2,1-3H3,(H,27,28). The summed E-state index contributed by atoms with van der Waals surface area (Å²) < 4.78 is 5.13. The molecule has 9 heteroatoms. The minimum absolute atomic E-state index is 0.180. The van der Waals surface area contributed by atoms with Crippen molar-refractivity contribution in [3.63, 3.8) is 0 Å². The third-order valence-corrected chi connectivity index (χ3v) is 6.25. The van der Waals surface area contributed by atoms with Crippen molar-refractivity contribution in [2.75, 3.05) is 33.3 Å². The van der Waals surface area contributed by atoms with Gasteiger partial charge in [-0.1, -0.05) is 29.8 Å². The molecule has 3 heterocycles. The van der Waals surface area contributed by atoms with E-state index < -0.39 is 5.54 Å². The number of amidine groups is 1. The summed E-state index contributed by atoms with van der Waals surface area (Å²) in [5, 5.41) is 3.77. The first kappa shape index (κ1) is 23.8. The number of ether oxygens (including phenoxy) is 1. The van der Waals surface area contributed by atoms with Crippen molar-refractivity contribution in [2.24, 2.45) is 4.99 Å². The highest BCUT2D eigenvalue weighted by molar-refractivity contribution is 6.38. The molecule has 8 nitrogen and oxygen atoms in total. The number of carbonyl (C=O) groups is 2. The second-order valence-corrected chi connectivity index (χ2v) is 9.30. The van der Waals surface area contributed by atoms with Crippen molar-refractivity contribution in [2.45, 2.75) is 25.8 Å². The van der Waals surface area contributed by atoms with E-state index in [0.717, 1.165) is 11.1 Å². The zero-order chi connectivity index (χ0) is 24.3. The summed E-state index contributed by atoms with van der Waals surface area (Å²) >= 11 is 6.13. The van der Waals surface area contributed by atoms with Gasteiger partial charge < -0.3 is 19.9 Å². The lowest BCUT2D eigenvalue weighted by molar-refractivity contribution is -0.132. The Morgan fingerprint density at radius 2 is 1.91 bits per heavy atom. The number of amides is 2. The van der Waals surface area contributed by atoms with Crippen molar-refractivity contribution in [3.8, 4) is 5.88 Å². The second kappa shape index (κ2) is 9.85. The van der Waals surface area contributed by atoms with Crippen LogP contribution in [0.1, 0.15) is 36.3 Å². The minimum atomic E-state index is -0.583. The molecule has 2 amide bonds. The van der Waals surface area contributed by atoms with Crippen LogP contribution in [0.5, 0.6) is 5.88 Å². The van der Waals surface area contributed by atoms with Crippen LogP contribution in [0.25, 0.3) is 5.57 Å². The van der Waals surface area contributed by atoms with E-state index in [1.165, 1.54) is 7.11 Å². The summed E-state index contributed by atoms with van der Waals surface area (Å²) in [6.45, 7) is 5.58. The molecular formula is C25H28ClN5O3. The number of rotatable bonds is 4. The summed E-state index contributed by atoms with van der Waals surface area (Å²) in [5.41, 5.74) is 1.78. The maximum atomic E-state index is 13.4. The molecule has 0 bridgehead atoms. The van der Waals surface area contributed by atoms with Gasteiger partial charge in [0, 0.05) is 43.5 Å². The van der Waals surface area contributed by atoms with Gasteiger partial charge in [-0.3, -0.25) is 14.6 Å². The van der Waals surface area contributed by atoms with E-state index in [4.69, 9.17) is 16.3 Å². The van der Waals surface area contributed by atoms with Crippen LogP contribution in [0.15, 0.2) is 53.7 Å². The predicted octanol–water partition coefficient (Wildman–Crippen LogP) is 3.24. The van der Waals surface area contributed by atoms with E-state index in [9.17, 15) is 9.59 Å². The average Bonchev–Trinajstić information content (AvgIpc) is 3.09. The zero-order valence-corrected chi connectivity index (χ0v) is 20.3. The number of piperazine rings is 1. The minimum Gasteiger partial charge on any atom is -0.481 e. The summed E-state index contributed by atoms with van der Waals surface area (Å²) in [4.78, 5) is 38.7. The van der Waals surface area contributed by atoms with Gasteiger partial charge in [-0.05, 0) is 49.6 Å². The van der Waals surface area contributed by atoms with Gasteiger partial charge in [0.1, 0.15) is 5.69 Å². The number of aliphatic imine (C=N–C) groups is 1. The van der Waals surface area contributed by atoms with E-state index >= 15 is 0 Å². The Labute approximate surface area is 204 Å². The monoisotopic (exact) mass is 481 g/mol. The van der Waals surface area contributed by atoms with Gasteiger partial charge in [-0.25, -0.2) is 4.98 Å². The zero-order valence-electron chi connectivity index (χ0n) is 19.5. The first-order valence-corrected chi connectivity index (χ1v) is 11.5. The van der Waals surface area contributed by atoms with Crippen molar-refractivity contribution in [1.82, 2.24) is 20.1 Å². The highest BCUT2D eigenvalue weighted by Gasteiger charge is 2.40. The van der Waals surface area contributed by atoms with Gasteiger partial charge in [0.25, 0.3) is 11.8 Å². The van der Waals surface area contributed by atoms with E-state index in [1.54, 1.807) is 28.0 Å². The molecule has 2 aromatic rings. The molecule has 0 aliphatic carbocycles. The molecule has 2 aliphatic rings. The van der Waals surface area contributed by atoms with Gasteiger partial charge >= 0.3 is 0 Å². The quantitative estimate of drug-likeness (QED) is 0.724. The lowest BCUT2D eigenvalue weighted by Crippen LogP contribution is -2.64. The number of aromatic nitrogens is 1. The lowest BCUT2D eigenvalue weighted by Gasteiger charge is -2.47. The summed E-state index contributed by atoms with van der Waals surface area (Å²) in [6.07, 6.45) is 2.53. The van der Waals surface area contributed by atoms with E-state index in [1.807, 2.05) is 44.3 Å². The fourth-order valence-corrected chi connectivity index (χ4v) is 4.44. The van der Waals surface area contributed by atoms with E-state index in [0.29, 0.717) is 55.0 Å². The van der Waals surface area contributed by atoms with Crippen LogP contribution in [0.2, 0.25) is 5.02 Å². The average molecular weight is 482 g/mol. The van der Waals surface area contributed by atoms with Crippen molar-refractivity contribution < 1.29 is 14.3 Å². The maximum Gasteiger partial charge on any atom is 0.289 e. The van der Waals surface area contributed by atoms with Crippen LogP contribution < -0.4 is 10.1 Å². The maximum absolute atomic E-state index is 13.4. The number of hydrogen-bond acceptors (Lipinski definition) is 6. The van der Waals surface area contributed by atoms with Crippen LogP contribution in [0, 0.1) is 0 Å². The van der Waals surface area contributed by atoms with E-state index in [-0.39, 0.29) is 11.8 Å². The SMILES string of the molecule is COc1cccc(C(=O)N2CCN(C(=O)C3=NCCC(c4cccc(Cl)c4)=CN3)C(C)(C)C2)n1. The Morgan fingerprint density at radius 1 is 1.12 bits per heavy atom. The van der Waals surface area contributed by atoms with Gasteiger partial charge in [-0.2, -0.15) is 0 Å². The summed E-state index contributed by atoms with van der Waals surface area (Å²) in [7, 11) is 1.52. The number of halogens is 1. The Balaban J connectivity index is 1.45. The number of benzene rings is 1. The van der Waals surface area contributed by atoms with Gasteiger partial charge in [-0.15, -0.1) is 0 Å². The Bertz CT molecular complexity index is 1160. The number of hydrogen-bond donors (Lipinski definition) is 1. The van der Waals surface area contributed by atoms with Gasteiger partial charge in [0.15, 0.2) is 5.84 Å². The van der Waals surface area contributed by atoms with Crippen LogP contribution in [0.3, 0.4) is 0 Å². The first-order valence-electron chi connectivity index (χ1n) is 11.2. The van der Waals surface area contributed by atoms with Gasteiger partial charge in [0.2, 0.25) is 5.88 Å². The third kappa shape index (κ3) is 5.07. The Kier molecular flexibility index (Phi) is 6.88. The summed E-state index contributed by atoms with van der Waals surface area (Å²) in [5.74, 6) is 0.333. The second-order valence-electron chi connectivity index (χ2n) is 8.87. The van der Waals surface area contributed by atoms with Crippen molar-refractivity contribution in [3.05, 3.63) is 64.9 Å². The fourth-order valence-electron chi connectivity index (χ4n) is 4.25. The molecule has 1 N–H and O–H groups in total. The van der Waals surface area contributed by atoms with Gasteiger partial charge in [0.05, 0.1) is 12.6 Å². The lowest BCUT2D eigenvalue weighted by atomic mass is 9.98. The molecule has 4 rings (SSSR count). The Hall–Kier alpha value is -3.39. The molecular weight excluding hydrogens is 454 g/mol. The molecule has 178 valence electrons. The van der Waals surface area contributed by atoms with Crippen LogP contribution in [0.4, 0.5) is 0 Å². The molecule has 1 fully saturated rings. The largest absolute Gasteiger partial charge is 0.481 e. The number of nitrogens with zero attached hydrogens (tertiary/aromatic N) is 4. The fraction of sp³-hybridized carbons (Fsp3) is 0.360. The highest BCUT2D eigenvalue weighted by Crippen LogP contribution is 2.25. The van der Waals surface area contributed by atoms with Crippen LogP contribution >= 0.6 is 11.6 Å². The van der Waals surface area contributed by atoms with Crippen molar-refractivity contribution >= 4 is 34.8 Å². The molecule has 1 aromatic heterocycles. The topological polar surface area (TPSA) is 87.1 Å². The molecule has 0 spiro atoms. The molecule has 0 saturated carbocycles. The molecule has 34 heavy (non-hydrogen) atoms. The summed E-state index contributed by atoms with van der Waals surface area (Å²) in [6, 6.07) is 12.7. The molecule has 1 saturated heterocycles. The highest BCUT2D eigenvalue weighted by atomic mass is 35.5. The predicted molar refractivity (Wildman–Crippen MR) is 132 cm³/mol. The third-order valence-electron chi connectivity index (χ3n) is 6.02. The molecule has 0 atom stereocenters.